The Hall–Kier alpha value is -1.23. The molecule has 0 bridgehead atoms. The Balaban J connectivity index is 2.29. The SMILES string of the molecule is CN1C=CN(OC(=O)CN)C1. The Morgan fingerprint density at radius 3 is 2.91 bits per heavy atom. The molecule has 0 amide bonds. The summed E-state index contributed by atoms with van der Waals surface area (Å²) in [7, 11) is 1.88. The maximum absolute atomic E-state index is 10.6. The van der Waals surface area contributed by atoms with Gasteiger partial charge in [0.15, 0.2) is 0 Å². The largest absolute Gasteiger partial charge is 0.359 e. The molecule has 2 N–H and O–H groups in total. The molecule has 1 aliphatic heterocycles. The minimum Gasteiger partial charge on any atom is -0.359 e. The van der Waals surface area contributed by atoms with Crippen LogP contribution in [0.5, 0.6) is 0 Å². The third kappa shape index (κ3) is 2.12. The smallest absolute Gasteiger partial charge is 0.345 e. The Morgan fingerprint density at radius 2 is 2.45 bits per heavy atom. The first-order valence-electron chi connectivity index (χ1n) is 3.28. The molecular formula is C6H11N3O2. The van der Waals surface area contributed by atoms with E-state index in [1.54, 1.807) is 6.20 Å². The molecule has 0 aromatic rings. The molecule has 5 heteroatoms. The zero-order valence-electron chi connectivity index (χ0n) is 6.36. The van der Waals surface area contributed by atoms with E-state index in [1.165, 1.54) is 5.06 Å². The zero-order valence-corrected chi connectivity index (χ0v) is 6.36. The minimum absolute atomic E-state index is 0.0892. The number of rotatable bonds is 2. The maximum Gasteiger partial charge on any atom is 0.345 e. The van der Waals surface area contributed by atoms with E-state index in [9.17, 15) is 4.79 Å². The average molecular weight is 157 g/mol. The summed E-state index contributed by atoms with van der Waals surface area (Å²) in [4.78, 5) is 17.3. The number of carbonyl (C=O) groups is 1. The van der Waals surface area contributed by atoms with Gasteiger partial charge in [0, 0.05) is 13.2 Å². The fourth-order valence-corrected chi connectivity index (χ4v) is 0.730. The molecular weight excluding hydrogens is 146 g/mol. The Kier molecular flexibility index (Phi) is 2.32. The van der Waals surface area contributed by atoms with Crippen LogP contribution in [0.3, 0.4) is 0 Å². The molecule has 0 saturated carbocycles. The summed E-state index contributed by atoms with van der Waals surface area (Å²) in [6.07, 6.45) is 3.48. The molecule has 1 heterocycles. The van der Waals surface area contributed by atoms with E-state index < -0.39 is 5.97 Å². The molecule has 0 unspecified atom stereocenters. The van der Waals surface area contributed by atoms with Gasteiger partial charge in [0.1, 0.15) is 6.67 Å². The lowest BCUT2D eigenvalue weighted by molar-refractivity contribution is -0.178. The van der Waals surface area contributed by atoms with E-state index in [1.807, 2.05) is 18.1 Å². The maximum atomic E-state index is 10.6. The molecule has 62 valence electrons. The van der Waals surface area contributed by atoms with Gasteiger partial charge < -0.3 is 15.5 Å². The number of carbonyl (C=O) groups excluding carboxylic acids is 1. The number of hydrogen-bond donors (Lipinski definition) is 1. The topological polar surface area (TPSA) is 58.8 Å². The molecule has 11 heavy (non-hydrogen) atoms. The predicted octanol–water partition coefficient (Wildman–Crippen LogP) is -0.921. The lowest BCUT2D eigenvalue weighted by Gasteiger charge is -2.15. The fraction of sp³-hybridized carbons (Fsp3) is 0.500. The first-order valence-corrected chi connectivity index (χ1v) is 3.28. The summed E-state index contributed by atoms with van der Waals surface area (Å²) in [6.45, 7) is 0.472. The summed E-state index contributed by atoms with van der Waals surface area (Å²) >= 11 is 0. The third-order valence-corrected chi connectivity index (χ3v) is 1.24. The van der Waals surface area contributed by atoms with Crippen LogP contribution in [-0.2, 0) is 9.63 Å². The highest BCUT2D eigenvalue weighted by atomic mass is 16.7. The molecule has 5 nitrogen and oxygen atoms in total. The highest BCUT2D eigenvalue weighted by molar-refractivity contribution is 5.71. The van der Waals surface area contributed by atoms with Crippen molar-refractivity contribution >= 4 is 5.97 Å². The average Bonchev–Trinajstić information content (AvgIpc) is 2.35. The van der Waals surface area contributed by atoms with Gasteiger partial charge in [-0.3, -0.25) is 0 Å². The Labute approximate surface area is 65.0 Å². The van der Waals surface area contributed by atoms with Gasteiger partial charge in [0.25, 0.3) is 0 Å². The molecule has 0 aromatic carbocycles. The molecule has 0 aliphatic carbocycles. The molecule has 1 aliphatic rings. The minimum atomic E-state index is -0.426. The van der Waals surface area contributed by atoms with Gasteiger partial charge in [0.2, 0.25) is 0 Å². The van der Waals surface area contributed by atoms with Gasteiger partial charge in [-0.15, -0.1) is 0 Å². The van der Waals surface area contributed by atoms with E-state index in [-0.39, 0.29) is 6.54 Å². The molecule has 1 rings (SSSR count). The highest BCUT2D eigenvalue weighted by Gasteiger charge is 2.11. The summed E-state index contributed by atoms with van der Waals surface area (Å²) in [5.74, 6) is -0.426. The summed E-state index contributed by atoms with van der Waals surface area (Å²) < 4.78 is 0. The van der Waals surface area contributed by atoms with Crippen molar-refractivity contribution < 1.29 is 9.63 Å². The molecule has 0 atom stereocenters. The van der Waals surface area contributed by atoms with E-state index >= 15 is 0 Å². The standard InChI is InChI=1S/C6H11N3O2/c1-8-2-3-9(5-8)11-6(10)4-7/h2-3H,4-5,7H2,1H3. The van der Waals surface area contributed by atoms with Crippen molar-refractivity contribution in [2.24, 2.45) is 5.73 Å². The van der Waals surface area contributed by atoms with Gasteiger partial charge in [-0.1, -0.05) is 0 Å². The Morgan fingerprint density at radius 1 is 1.73 bits per heavy atom. The van der Waals surface area contributed by atoms with Crippen LogP contribution in [0.25, 0.3) is 0 Å². The van der Waals surface area contributed by atoms with Crippen LogP contribution in [-0.4, -0.2) is 36.2 Å². The zero-order chi connectivity index (χ0) is 8.27. The van der Waals surface area contributed by atoms with Gasteiger partial charge in [0.05, 0.1) is 12.7 Å². The fourth-order valence-electron chi connectivity index (χ4n) is 0.730. The van der Waals surface area contributed by atoms with E-state index in [2.05, 4.69) is 0 Å². The Bertz CT molecular complexity index is 181. The summed E-state index contributed by atoms with van der Waals surface area (Å²) in [5, 5.41) is 1.43. The van der Waals surface area contributed by atoms with Crippen LogP contribution in [0.15, 0.2) is 12.4 Å². The molecule has 0 fully saturated rings. The van der Waals surface area contributed by atoms with Crippen molar-refractivity contribution in [3.63, 3.8) is 0 Å². The van der Waals surface area contributed by atoms with Crippen LogP contribution in [0, 0.1) is 0 Å². The van der Waals surface area contributed by atoms with Crippen molar-refractivity contribution in [2.45, 2.75) is 0 Å². The normalized spacial score (nSPS) is 15.8. The van der Waals surface area contributed by atoms with Crippen LogP contribution in [0.4, 0.5) is 0 Å². The predicted molar refractivity (Wildman–Crippen MR) is 38.8 cm³/mol. The molecule has 0 spiro atoms. The third-order valence-electron chi connectivity index (χ3n) is 1.24. The number of nitrogens with two attached hydrogens (primary N) is 1. The van der Waals surface area contributed by atoms with Crippen LogP contribution in [0.1, 0.15) is 0 Å². The van der Waals surface area contributed by atoms with E-state index in [0.29, 0.717) is 6.67 Å². The van der Waals surface area contributed by atoms with E-state index in [4.69, 9.17) is 10.6 Å². The lowest BCUT2D eigenvalue weighted by Crippen LogP contribution is -2.29. The highest BCUT2D eigenvalue weighted by Crippen LogP contribution is 2.03. The second-order valence-corrected chi connectivity index (χ2v) is 2.28. The second-order valence-electron chi connectivity index (χ2n) is 2.28. The van der Waals surface area contributed by atoms with Crippen molar-refractivity contribution in [3.8, 4) is 0 Å². The molecule has 0 radical (unpaired) electrons. The van der Waals surface area contributed by atoms with Gasteiger partial charge >= 0.3 is 5.97 Å². The molecule has 0 aromatic heterocycles. The second kappa shape index (κ2) is 3.25. The monoisotopic (exact) mass is 157 g/mol. The van der Waals surface area contributed by atoms with Crippen LogP contribution >= 0.6 is 0 Å². The quantitative estimate of drug-likeness (QED) is 0.561. The van der Waals surface area contributed by atoms with Gasteiger partial charge in [-0.25, -0.2) is 4.79 Å². The van der Waals surface area contributed by atoms with E-state index in [0.717, 1.165) is 0 Å². The van der Waals surface area contributed by atoms with Crippen molar-refractivity contribution in [1.82, 2.24) is 9.96 Å². The first kappa shape index (κ1) is 7.87. The van der Waals surface area contributed by atoms with Gasteiger partial charge in [-0.2, -0.15) is 5.06 Å². The summed E-state index contributed by atoms with van der Waals surface area (Å²) in [5.41, 5.74) is 5.05. The summed E-state index contributed by atoms with van der Waals surface area (Å²) in [6, 6.07) is 0. The van der Waals surface area contributed by atoms with Crippen molar-refractivity contribution in [3.05, 3.63) is 12.4 Å². The van der Waals surface area contributed by atoms with Crippen LogP contribution in [0.2, 0.25) is 0 Å². The van der Waals surface area contributed by atoms with Crippen molar-refractivity contribution in [2.75, 3.05) is 20.3 Å². The molecule has 0 saturated heterocycles. The van der Waals surface area contributed by atoms with Crippen LogP contribution < -0.4 is 5.73 Å². The number of hydroxylamine groups is 2. The van der Waals surface area contributed by atoms with Crippen molar-refractivity contribution in [1.29, 1.82) is 0 Å². The lowest BCUT2D eigenvalue weighted by atomic mass is 10.7. The van der Waals surface area contributed by atoms with Gasteiger partial charge in [-0.05, 0) is 0 Å². The number of nitrogens with zero attached hydrogens (tertiary/aromatic N) is 2. The number of hydrogen-bond acceptors (Lipinski definition) is 5. The first-order chi connectivity index (χ1) is 5.22.